The third-order valence-electron chi connectivity index (χ3n) is 2.58. The minimum atomic E-state index is -0.223. The molecule has 0 radical (unpaired) electrons. The molecule has 0 spiro atoms. The molecule has 1 N–H and O–H groups in total. The number of halogens is 2. The predicted molar refractivity (Wildman–Crippen MR) is 70.4 cm³/mol. The molecule has 1 heterocycles. The Bertz CT molecular complexity index is 501. The van der Waals surface area contributed by atoms with Crippen LogP contribution in [0.25, 0.3) is 0 Å². The highest BCUT2D eigenvalue weighted by molar-refractivity contribution is 9.10. The number of hydrogen-bond acceptors (Lipinski definition) is 3. The van der Waals surface area contributed by atoms with Crippen LogP contribution in [0.5, 0.6) is 0 Å². The molecule has 1 atom stereocenters. The van der Waals surface area contributed by atoms with Crippen molar-refractivity contribution in [3.8, 4) is 0 Å². The SMILES string of the molecule is C[C@H](Cn1cncn1)NCc1cc(F)ccc1Br. The Balaban J connectivity index is 1.89. The highest BCUT2D eigenvalue weighted by Crippen LogP contribution is 2.17. The van der Waals surface area contributed by atoms with Crippen LogP contribution in [-0.4, -0.2) is 20.8 Å². The topological polar surface area (TPSA) is 42.7 Å². The van der Waals surface area contributed by atoms with Crippen molar-refractivity contribution in [2.24, 2.45) is 0 Å². The molecule has 2 aromatic rings. The van der Waals surface area contributed by atoms with Crippen molar-refractivity contribution >= 4 is 15.9 Å². The van der Waals surface area contributed by atoms with Crippen molar-refractivity contribution in [3.63, 3.8) is 0 Å². The molecule has 0 aliphatic rings. The van der Waals surface area contributed by atoms with Gasteiger partial charge in [0.15, 0.2) is 0 Å². The summed E-state index contributed by atoms with van der Waals surface area (Å²) >= 11 is 3.41. The van der Waals surface area contributed by atoms with Crippen LogP contribution in [-0.2, 0) is 13.1 Å². The third-order valence-corrected chi connectivity index (χ3v) is 3.35. The van der Waals surface area contributed by atoms with E-state index in [-0.39, 0.29) is 11.9 Å². The van der Waals surface area contributed by atoms with Gasteiger partial charge in [0.1, 0.15) is 18.5 Å². The van der Waals surface area contributed by atoms with Gasteiger partial charge < -0.3 is 5.32 Å². The maximum absolute atomic E-state index is 13.1. The molecule has 0 amide bonds. The van der Waals surface area contributed by atoms with E-state index in [4.69, 9.17) is 0 Å². The van der Waals surface area contributed by atoms with Crippen LogP contribution in [0.4, 0.5) is 4.39 Å². The van der Waals surface area contributed by atoms with Gasteiger partial charge in [-0.15, -0.1) is 0 Å². The minimum Gasteiger partial charge on any atom is -0.308 e. The van der Waals surface area contributed by atoms with Gasteiger partial charge in [-0.1, -0.05) is 15.9 Å². The predicted octanol–water partition coefficient (Wildman–Crippen LogP) is 2.36. The molecule has 18 heavy (non-hydrogen) atoms. The summed E-state index contributed by atoms with van der Waals surface area (Å²) < 4.78 is 15.8. The van der Waals surface area contributed by atoms with E-state index in [1.54, 1.807) is 17.1 Å². The van der Waals surface area contributed by atoms with Gasteiger partial charge in [-0.2, -0.15) is 5.10 Å². The van der Waals surface area contributed by atoms with Crippen molar-refractivity contribution in [1.29, 1.82) is 0 Å². The second kappa shape index (κ2) is 6.06. The molecule has 0 saturated carbocycles. The second-order valence-electron chi connectivity index (χ2n) is 4.14. The van der Waals surface area contributed by atoms with Crippen LogP contribution in [0.1, 0.15) is 12.5 Å². The fourth-order valence-electron chi connectivity index (χ4n) is 1.64. The smallest absolute Gasteiger partial charge is 0.137 e. The van der Waals surface area contributed by atoms with E-state index in [9.17, 15) is 4.39 Å². The summed E-state index contributed by atoms with van der Waals surface area (Å²) in [6.07, 6.45) is 3.19. The van der Waals surface area contributed by atoms with E-state index < -0.39 is 0 Å². The quantitative estimate of drug-likeness (QED) is 0.921. The van der Waals surface area contributed by atoms with Gasteiger partial charge in [-0.3, -0.25) is 4.68 Å². The maximum Gasteiger partial charge on any atom is 0.137 e. The van der Waals surface area contributed by atoms with Crippen molar-refractivity contribution in [2.45, 2.75) is 26.1 Å². The van der Waals surface area contributed by atoms with E-state index in [1.165, 1.54) is 18.5 Å². The molecule has 96 valence electrons. The molecule has 0 bridgehead atoms. The zero-order chi connectivity index (χ0) is 13.0. The maximum atomic E-state index is 13.1. The number of benzene rings is 1. The van der Waals surface area contributed by atoms with E-state index in [1.807, 2.05) is 0 Å². The lowest BCUT2D eigenvalue weighted by molar-refractivity contribution is 0.449. The van der Waals surface area contributed by atoms with Crippen molar-refractivity contribution in [1.82, 2.24) is 20.1 Å². The zero-order valence-corrected chi connectivity index (χ0v) is 11.6. The molecule has 0 aliphatic heterocycles. The van der Waals surface area contributed by atoms with Gasteiger partial charge in [-0.05, 0) is 30.7 Å². The van der Waals surface area contributed by atoms with E-state index in [0.29, 0.717) is 6.54 Å². The number of nitrogens with one attached hydrogen (secondary N) is 1. The van der Waals surface area contributed by atoms with Gasteiger partial charge in [0.2, 0.25) is 0 Å². The first kappa shape index (κ1) is 13.2. The molecule has 0 unspecified atom stereocenters. The van der Waals surface area contributed by atoms with Crippen LogP contribution in [0.15, 0.2) is 35.3 Å². The lowest BCUT2D eigenvalue weighted by atomic mass is 10.2. The highest BCUT2D eigenvalue weighted by Gasteiger charge is 2.06. The Labute approximate surface area is 113 Å². The normalized spacial score (nSPS) is 12.6. The second-order valence-corrected chi connectivity index (χ2v) is 4.99. The standard InChI is InChI=1S/C12H14BrFN4/c1-9(6-18-8-15-7-17-18)16-5-10-4-11(14)2-3-12(10)13/h2-4,7-9,16H,5-6H2,1H3/t9-/m1/s1. The van der Waals surface area contributed by atoms with Crippen molar-refractivity contribution < 1.29 is 4.39 Å². The molecule has 2 rings (SSSR count). The summed E-state index contributed by atoms with van der Waals surface area (Å²) in [5, 5.41) is 7.36. The summed E-state index contributed by atoms with van der Waals surface area (Å²) in [7, 11) is 0. The Hall–Kier alpha value is -1.27. The average molecular weight is 313 g/mol. The van der Waals surface area contributed by atoms with Gasteiger partial charge in [-0.25, -0.2) is 9.37 Å². The van der Waals surface area contributed by atoms with E-state index >= 15 is 0 Å². The summed E-state index contributed by atoms with van der Waals surface area (Å²) in [6.45, 7) is 3.38. The van der Waals surface area contributed by atoms with Gasteiger partial charge in [0.05, 0.1) is 6.54 Å². The number of nitrogens with zero attached hydrogens (tertiary/aromatic N) is 3. The number of aromatic nitrogens is 3. The molecule has 1 aromatic carbocycles. The fourth-order valence-corrected chi connectivity index (χ4v) is 2.02. The average Bonchev–Trinajstić information content (AvgIpc) is 2.83. The minimum absolute atomic E-state index is 0.223. The Kier molecular flexibility index (Phi) is 4.43. The fraction of sp³-hybridized carbons (Fsp3) is 0.333. The Morgan fingerprint density at radius 1 is 1.50 bits per heavy atom. The first-order valence-corrected chi connectivity index (χ1v) is 6.44. The molecule has 0 saturated heterocycles. The summed E-state index contributed by atoms with van der Waals surface area (Å²) in [4.78, 5) is 3.89. The highest BCUT2D eigenvalue weighted by atomic mass is 79.9. The summed E-state index contributed by atoms with van der Waals surface area (Å²) in [6, 6.07) is 4.90. The lowest BCUT2D eigenvalue weighted by Crippen LogP contribution is -2.30. The first-order chi connectivity index (χ1) is 8.65. The van der Waals surface area contributed by atoms with E-state index in [2.05, 4.69) is 38.3 Å². The monoisotopic (exact) mass is 312 g/mol. The Morgan fingerprint density at radius 3 is 3.06 bits per heavy atom. The zero-order valence-electron chi connectivity index (χ0n) is 9.98. The van der Waals surface area contributed by atoms with Crippen molar-refractivity contribution in [3.05, 3.63) is 46.7 Å². The van der Waals surface area contributed by atoms with Crippen LogP contribution < -0.4 is 5.32 Å². The van der Waals surface area contributed by atoms with E-state index in [0.717, 1.165) is 16.6 Å². The van der Waals surface area contributed by atoms with Gasteiger partial charge in [0, 0.05) is 17.1 Å². The molecule has 4 nitrogen and oxygen atoms in total. The summed E-state index contributed by atoms with van der Waals surface area (Å²) in [5.41, 5.74) is 0.903. The van der Waals surface area contributed by atoms with Crippen LogP contribution in [0, 0.1) is 5.82 Å². The third kappa shape index (κ3) is 3.61. The number of rotatable bonds is 5. The molecule has 0 aliphatic carbocycles. The summed E-state index contributed by atoms with van der Waals surface area (Å²) in [5.74, 6) is -0.223. The molecule has 6 heteroatoms. The van der Waals surface area contributed by atoms with Crippen molar-refractivity contribution in [2.75, 3.05) is 0 Å². The van der Waals surface area contributed by atoms with Crippen LogP contribution >= 0.6 is 15.9 Å². The molecular weight excluding hydrogens is 299 g/mol. The molecule has 0 fully saturated rings. The largest absolute Gasteiger partial charge is 0.308 e. The first-order valence-electron chi connectivity index (χ1n) is 5.65. The Morgan fingerprint density at radius 2 is 2.33 bits per heavy atom. The van der Waals surface area contributed by atoms with Crippen LogP contribution in [0.3, 0.4) is 0 Å². The van der Waals surface area contributed by atoms with Crippen LogP contribution in [0.2, 0.25) is 0 Å². The van der Waals surface area contributed by atoms with Gasteiger partial charge >= 0.3 is 0 Å². The number of hydrogen-bond donors (Lipinski definition) is 1. The molecular formula is C12H14BrFN4. The lowest BCUT2D eigenvalue weighted by Gasteiger charge is -2.14. The molecule has 1 aromatic heterocycles. The van der Waals surface area contributed by atoms with Gasteiger partial charge in [0.25, 0.3) is 0 Å².